The van der Waals surface area contributed by atoms with Crippen molar-refractivity contribution in [2.45, 2.75) is 187 Å². The van der Waals surface area contributed by atoms with E-state index < -0.39 is 26.6 Å². The monoisotopic (exact) mass is 793 g/mol. The first-order valence-corrected chi connectivity index (χ1v) is 23.6. The number of hydrogen-bond donors (Lipinski definition) is 2. The highest BCUT2D eigenvalue weighted by Gasteiger charge is 2.23. The molecule has 1 amide bonds. The fraction of sp³-hybridized carbons (Fsp3) is 0.761. The molecule has 0 saturated heterocycles. The average molecular weight is 793 g/mol. The van der Waals surface area contributed by atoms with Gasteiger partial charge in [0.2, 0.25) is 5.91 Å². The van der Waals surface area contributed by atoms with E-state index in [1.54, 1.807) is 6.08 Å². The second-order valence-corrected chi connectivity index (χ2v) is 17.4. The van der Waals surface area contributed by atoms with Crippen molar-refractivity contribution in [3.8, 4) is 0 Å². The van der Waals surface area contributed by atoms with Crippen molar-refractivity contribution >= 4 is 13.7 Å². The Morgan fingerprint density at radius 3 is 1.64 bits per heavy atom. The van der Waals surface area contributed by atoms with Crippen LogP contribution >= 0.6 is 7.82 Å². The van der Waals surface area contributed by atoms with Crippen molar-refractivity contribution in [1.82, 2.24) is 5.32 Å². The lowest BCUT2D eigenvalue weighted by Crippen LogP contribution is -2.45. The maximum Gasteiger partial charge on any atom is 0.268 e. The molecule has 8 nitrogen and oxygen atoms in total. The molecule has 0 rings (SSSR count). The summed E-state index contributed by atoms with van der Waals surface area (Å²) in [6.45, 7) is 4.56. The SMILES string of the molecule is CCCCC/C=C\C/C=C\C/C=C\CCCCCCCCC(=O)NC(COP(=O)([O-])OCC[N+](C)(C)C)C(O)/C=C/CC/C=C/CCCCCCCCCC. The lowest BCUT2D eigenvalue weighted by molar-refractivity contribution is -0.870. The Bertz CT molecular complexity index is 1080. The number of carbonyl (C=O) groups is 1. The van der Waals surface area contributed by atoms with Gasteiger partial charge in [0.05, 0.1) is 39.9 Å². The molecule has 0 heterocycles. The maximum atomic E-state index is 12.8. The number of nitrogens with zero attached hydrogens (tertiary/aromatic N) is 1. The number of allylic oxidation sites excluding steroid dienone is 9. The molecule has 0 aliphatic rings. The third-order valence-electron chi connectivity index (χ3n) is 9.45. The van der Waals surface area contributed by atoms with Crippen LogP contribution in [-0.4, -0.2) is 68.5 Å². The van der Waals surface area contributed by atoms with E-state index in [0.717, 1.165) is 64.2 Å². The molecule has 9 heteroatoms. The van der Waals surface area contributed by atoms with Crippen LogP contribution < -0.4 is 10.2 Å². The molecule has 320 valence electrons. The molecule has 55 heavy (non-hydrogen) atoms. The van der Waals surface area contributed by atoms with E-state index in [-0.39, 0.29) is 12.5 Å². The Kier molecular flexibility index (Phi) is 36.5. The van der Waals surface area contributed by atoms with Gasteiger partial charge < -0.3 is 28.8 Å². The van der Waals surface area contributed by atoms with Gasteiger partial charge in [0, 0.05) is 6.42 Å². The number of carbonyl (C=O) groups excluding carboxylic acids is 1. The summed E-state index contributed by atoms with van der Waals surface area (Å²) >= 11 is 0. The summed E-state index contributed by atoms with van der Waals surface area (Å²) in [5.74, 6) is -0.223. The topological polar surface area (TPSA) is 108 Å². The largest absolute Gasteiger partial charge is 0.756 e. The van der Waals surface area contributed by atoms with Gasteiger partial charge in [0.25, 0.3) is 7.82 Å². The first-order chi connectivity index (χ1) is 26.5. The van der Waals surface area contributed by atoms with Crippen LogP contribution in [0.4, 0.5) is 0 Å². The Morgan fingerprint density at radius 1 is 0.636 bits per heavy atom. The first kappa shape index (κ1) is 53.2. The van der Waals surface area contributed by atoms with Crippen molar-refractivity contribution < 1.29 is 32.9 Å². The predicted molar refractivity (Wildman–Crippen MR) is 233 cm³/mol. The third kappa shape index (κ3) is 40.2. The summed E-state index contributed by atoms with van der Waals surface area (Å²) in [5, 5.41) is 13.7. The summed E-state index contributed by atoms with van der Waals surface area (Å²) in [7, 11) is 1.22. The average Bonchev–Trinajstić information content (AvgIpc) is 3.13. The molecule has 3 atom stereocenters. The fourth-order valence-electron chi connectivity index (χ4n) is 5.88. The summed E-state index contributed by atoms with van der Waals surface area (Å²) < 4.78 is 23.2. The Morgan fingerprint density at radius 2 is 1.07 bits per heavy atom. The predicted octanol–water partition coefficient (Wildman–Crippen LogP) is 11.6. The van der Waals surface area contributed by atoms with Gasteiger partial charge >= 0.3 is 0 Å². The van der Waals surface area contributed by atoms with E-state index >= 15 is 0 Å². The Labute approximate surface area is 339 Å². The molecular formula is C46H85N2O6P. The number of aliphatic hydroxyl groups is 1. The molecule has 0 saturated carbocycles. The molecule has 0 bridgehead atoms. The minimum atomic E-state index is -4.60. The smallest absolute Gasteiger partial charge is 0.268 e. The van der Waals surface area contributed by atoms with Crippen molar-refractivity contribution in [3.05, 3.63) is 60.8 Å². The molecule has 0 aromatic rings. The fourth-order valence-corrected chi connectivity index (χ4v) is 6.60. The highest BCUT2D eigenvalue weighted by Crippen LogP contribution is 2.38. The number of likely N-dealkylation sites (N-methyl/N-ethyl adjacent to an activating group) is 1. The number of phosphoric ester groups is 1. The number of amides is 1. The zero-order chi connectivity index (χ0) is 40.7. The molecule has 2 N–H and O–H groups in total. The number of unbranched alkanes of at least 4 members (excludes halogenated alkanes) is 18. The standard InChI is InChI=1S/C46H85N2O6P/c1-6-8-10-12-14-16-18-20-22-23-24-25-26-28-30-32-34-36-38-40-46(50)47-44(43-54-55(51,52)53-42-41-48(3,4)5)45(49)39-37-35-33-31-29-27-21-19-17-15-13-11-9-7-2/h14,16,20,22,24-25,29,31,37,39,44-45,49H,6-13,15,17-19,21,23,26-28,30,32-36,38,40-43H2,1-5H3,(H-,47,50,51,52)/b16-14-,22-20-,25-24-,31-29+,39-37+. The van der Waals surface area contributed by atoms with Gasteiger partial charge in [-0.2, -0.15) is 0 Å². The zero-order valence-electron chi connectivity index (χ0n) is 36.1. The van der Waals surface area contributed by atoms with Crippen molar-refractivity contribution in [1.29, 1.82) is 0 Å². The normalized spacial score (nSPS) is 15.0. The van der Waals surface area contributed by atoms with Crippen LogP contribution in [0.2, 0.25) is 0 Å². The molecule has 0 aliphatic heterocycles. The van der Waals surface area contributed by atoms with E-state index in [1.165, 1.54) is 89.9 Å². The lowest BCUT2D eigenvalue weighted by Gasteiger charge is -2.29. The van der Waals surface area contributed by atoms with Gasteiger partial charge in [0.1, 0.15) is 13.2 Å². The molecule has 0 aliphatic carbocycles. The number of nitrogens with one attached hydrogen (secondary N) is 1. The number of hydrogen-bond acceptors (Lipinski definition) is 6. The number of rotatable bonds is 39. The second kappa shape index (κ2) is 37.8. The summed E-state index contributed by atoms with van der Waals surface area (Å²) in [6, 6.07) is -0.911. The van der Waals surface area contributed by atoms with Crippen LogP contribution in [0.5, 0.6) is 0 Å². The molecule has 0 fully saturated rings. The van der Waals surface area contributed by atoms with Gasteiger partial charge in [-0.1, -0.05) is 158 Å². The summed E-state index contributed by atoms with van der Waals surface area (Å²) in [6.07, 6.45) is 48.3. The zero-order valence-corrected chi connectivity index (χ0v) is 37.0. The van der Waals surface area contributed by atoms with Gasteiger partial charge in [-0.05, 0) is 70.6 Å². The van der Waals surface area contributed by atoms with Gasteiger partial charge in [-0.25, -0.2) is 0 Å². The van der Waals surface area contributed by atoms with Crippen LogP contribution in [0, 0.1) is 0 Å². The van der Waals surface area contributed by atoms with E-state index in [4.69, 9.17) is 9.05 Å². The number of aliphatic hydroxyl groups excluding tert-OH is 1. The summed E-state index contributed by atoms with van der Waals surface area (Å²) in [5.41, 5.74) is 0. The van der Waals surface area contributed by atoms with Crippen LogP contribution in [-0.2, 0) is 18.4 Å². The first-order valence-electron chi connectivity index (χ1n) is 22.2. The van der Waals surface area contributed by atoms with Crippen LogP contribution in [0.3, 0.4) is 0 Å². The third-order valence-corrected chi connectivity index (χ3v) is 10.4. The molecule has 0 spiro atoms. The second-order valence-electron chi connectivity index (χ2n) is 16.0. The molecule has 3 unspecified atom stereocenters. The molecular weight excluding hydrogens is 707 g/mol. The van der Waals surface area contributed by atoms with Gasteiger partial charge in [0.15, 0.2) is 0 Å². The Balaban J connectivity index is 4.50. The van der Waals surface area contributed by atoms with E-state index in [2.05, 4.69) is 67.8 Å². The highest BCUT2D eigenvalue weighted by atomic mass is 31.2. The van der Waals surface area contributed by atoms with Gasteiger partial charge in [-0.15, -0.1) is 0 Å². The van der Waals surface area contributed by atoms with Crippen LogP contribution in [0.25, 0.3) is 0 Å². The van der Waals surface area contributed by atoms with E-state index in [0.29, 0.717) is 17.4 Å². The minimum Gasteiger partial charge on any atom is -0.756 e. The van der Waals surface area contributed by atoms with E-state index in [9.17, 15) is 19.4 Å². The molecule has 0 aromatic carbocycles. The van der Waals surface area contributed by atoms with Crippen molar-refractivity contribution in [2.24, 2.45) is 0 Å². The van der Waals surface area contributed by atoms with Crippen molar-refractivity contribution in [2.75, 3.05) is 40.9 Å². The maximum absolute atomic E-state index is 12.8. The quantitative estimate of drug-likeness (QED) is 0.0278. The van der Waals surface area contributed by atoms with E-state index in [1.807, 2.05) is 27.2 Å². The number of phosphoric acid groups is 1. The van der Waals surface area contributed by atoms with Crippen LogP contribution in [0.1, 0.15) is 174 Å². The lowest BCUT2D eigenvalue weighted by atomic mass is 10.1. The molecule has 0 aromatic heterocycles. The molecule has 0 radical (unpaired) electrons. The Hall–Kier alpha value is -1.80. The van der Waals surface area contributed by atoms with Gasteiger partial charge in [-0.3, -0.25) is 9.36 Å². The number of quaternary nitrogens is 1. The minimum absolute atomic E-state index is 0.0117. The van der Waals surface area contributed by atoms with Crippen molar-refractivity contribution in [3.63, 3.8) is 0 Å². The van der Waals surface area contributed by atoms with Crippen LogP contribution in [0.15, 0.2) is 60.8 Å². The summed E-state index contributed by atoms with van der Waals surface area (Å²) in [4.78, 5) is 25.3. The highest BCUT2D eigenvalue weighted by molar-refractivity contribution is 7.45.